The number of likely N-dealkylation sites (tertiary alicyclic amines) is 1. The SMILES string of the molecule is CCNC(=NCc1ccccc1OCCN1CCOCC1)NC1CCN(C(C)C)CC1. The lowest BCUT2D eigenvalue weighted by molar-refractivity contribution is 0.0322. The Labute approximate surface area is 188 Å². The van der Waals surface area contributed by atoms with Crippen molar-refractivity contribution >= 4 is 5.96 Å². The third-order valence-corrected chi connectivity index (χ3v) is 6.09. The molecule has 1 aromatic rings. The number of aliphatic imine (C=N–C) groups is 1. The summed E-state index contributed by atoms with van der Waals surface area (Å²) in [5.41, 5.74) is 1.12. The fourth-order valence-corrected chi connectivity index (χ4v) is 4.12. The Morgan fingerprint density at radius 3 is 2.61 bits per heavy atom. The van der Waals surface area contributed by atoms with Crippen LogP contribution in [0.3, 0.4) is 0 Å². The van der Waals surface area contributed by atoms with Gasteiger partial charge in [0.1, 0.15) is 12.4 Å². The van der Waals surface area contributed by atoms with Crippen molar-refractivity contribution in [2.45, 2.75) is 52.2 Å². The molecule has 0 saturated carbocycles. The van der Waals surface area contributed by atoms with E-state index in [1.54, 1.807) is 0 Å². The van der Waals surface area contributed by atoms with Gasteiger partial charge in [-0.1, -0.05) is 18.2 Å². The molecule has 0 unspecified atom stereocenters. The van der Waals surface area contributed by atoms with E-state index in [0.29, 0.717) is 25.2 Å². The molecule has 2 heterocycles. The fraction of sp³-hybridized carbons (Fsp3) is 0.708. The Kier molecular flexibility index (Phi) is 9.90. The van der Waals surface area contributed by atoms with Crippen LogP contribution in [0, 0.1) is 0 Å². The van der Waals surface area contributed by atoms with E-state index >= 15 is 0 Å². The van der Waals surface area contributed by atoms with Crippen LogP contribution < -0.4 is 15.4 Å². The van der Waals surface area contributed by atoms with E-state index in [2.05, 4.69) is 53.3 Å². The van der Waals surface area contributed by atoms with Crippen molar-refractivity contribution in [1.29, 1.82) is 0 Å². The van der Waals surface area contributed by atoms with Crippen LogP contribution in [0.1, 0.15) is 39.2 Å². The molecule has 0 amide bonds. The molecule has 0 atom stereocenters. The molecule has 7 nitrogen and oxygen atoms in total. The van der Waals surface area contributed by atoms with E-state index in [1.807, 2.05) is 12.1 Å². The molecular formula is C24H41N5O2. The number of nitrogens with one attached hydrogen (secondary N) is 2. The first-order valence-corrected chi connectivity index (χ1v) is 12.0. The van der Waals surface area contributed by atoms with Gasteiger partial charge < -0.3 is 25.0 Å². The quantitative estimate of drug-likeness (QED) is 0.462. The smallest absolute Gasteiger partial charge is 0.191 e. The van der Waals surface area contributed by atoms with Crippen LogP contribution in [-0.4, -0.2) is 86.9 Å². The normalized spacial score (nSPS) is 19.5. The first kappa shape index (κ1) is 23.8. The number of para-hydroxylation sites is 1. The zero-order valence-corrected chi connectivity index (χ0v) is 19.6. The van der Waals surface area contributed by atoms with Crippen LogP contribution >= 0.6 is 0 Å². The second-order valence-electron chi connectivity index (χ2n) is 8.65. The summed E-state index contributed by atoms with van der Waals surface area (Å²) >= 11 is 0. The van der Waals surface area contributed by atoms with Crippen molar-refractivity contribution in [3.8, 4) is 5.75 Å². The van der Waals surface area contributed by atoms with Gasteiger partial charge in [0.2, 0.25) is 0 Å². The van der Waals surface area contributed by atoms with Gasteiger partial charge in [-0.25, -0.2) is 4.99 Å². The molecule has 31 heavy (non-hydrogen) atoms. The molecule has 2 N–H and O–H groups in total. The zero-order valence-electron chi connectivity index (χ0n) is 19.6. The Hall–Kier alpha value is -1.83. The van der Waals surface area contributed by atoms with Crippen molar-refractivity contribution in [2.24, 2.45) is 4.99 Å². The maximum atomic E-state index is 6.12. The van der Waals surface area contributed by atoms with Crippen molar-refractivity contribution < 1.29 is 9.47 Å². The highest BCUT2D eigenvalue weighted by Gasteiger charge is 2.21. The molecule has 0 bridgehead atoms. The number of piperidine rings is 1. The van der Waals surface area contributed by atoms with Gasteiger partial charge in [0.15, 0.2) is 5.96 Å². The number of hydrogen-bond donors (Lipinski definition) is 2. The van der Waals surface area contributed by atoms with E-state index < -0.39 is 0 Å². The van der Waals surface area contributed by atoms with Crippen molar-refractivity contribution in [3.63, 3.8) is 0 Å². The second-order valence-corrected chi connectivity index (χ2v) is 8.65. The van der Waals surface area contributed by atoms with E-state index in [4.69, 9.17) is 14.5 Å². The van der Waals surface area contributed by atoms with E-state index in [1.165, 1.54) is 0 Å². The predicted molar refractivity (Wildman–Crippen MR) is 127 cm³/mol. The van der Waals surface area contributed by atoms with E-state index in [9.17, 15) is 0 Å². The summed E-state index contributed by atoms with van der Waals surface area (Å²) in [5, 5.41) is 7.05. The first-order valence-electron chi connectivity index (χ1n) is 12.0. The summed E-state index contributed by atoms with van der Waals surface area (Å²) in [4.78, 5) is 9.80. The highest BCUT2D eigenvalue weighted by Crippen LogP contribution is 2.19. The molecule has 2 aliphatic rings. The van der Waals surface area contributed by atoms with Gasteiger partial charge in [0.05, 0.1) is 19.8 Å². The summed E-state index contributed by atoms with van der Waals surface area (Å²) in [6, 6.07) is 9.35. The van der Waals surface area contributed by atoms with Crippen LogP contribution in [0.25, 0.3) is 0 Å². The number of benzene rings is 1. The van der Waals surface area contributed by atoms with Gasteiger partial charge in [0, 0.05) is 56.9 Å². The molecule has 0 radical (unpaired) electrons. The minimum Gasteiger partial charge on any atom is -0.492 e. The van der Waals surface area contributed by atoms with Crippen molar-refractivity contribution in [2.75, 3.05) is 59.1 Å². The summed E-state index contributed by atoms with van der Waals surface area (Å²) in [6.07, 6.45) is 2.31. The van der Waals surface area contributed by atoms with Crippen LogP contribution in [-0.2, 0) is 11.3 Å². The minimum atomic E-state index is 0.479. The Bertz CT molecular complexity index is 668. The lowest BCUT2D eigenvalue weighted by Crippen LogP contribution is -2.49. The topological polar surface area (TPSA) is 61.4 Å². The molecule has 0 aromatic heterocycles. The second kappa shape index (κ2) is 12.9. The molecule has 3 rings (SSSR count). The van der Waals surface area contributed by atoms with Gasteiger partial charge in [0.25, 0.3) is 0 Å². The Morgan fingerprint density at radius 2 is 1.90 bits per heavy atom. The Morgan fingerprint density at radius 1 is 1.16 bits per heavy atom. The predicted octanol–water partition coefficient (Wildman–Crippen LogP) is 2.33. The third-order valence-electron chi connectivity index (χ3n) is 6.09. The van der Waals surface area contributed by atoms with Gasteiger partial charge in [-0.15, -0.1) is 0 Å². The average Bonchev–Trinajstić information content (AvgIpc) is 2.79. The number of rotatable bonds is 9. The number of hydrogen-bond acceptors (Lipinski definition) is 5. The summed E-state index contributed by atoms with van der Waals surface area (Å²) in [5.74, 6) is 1.83. The van der Waals surface area contributed by atoms with Gasteiger partial charge in [-0.3, -0.25) is 4.90 Å². The molecule has 7 heteroatoms. The number of morpholine rings is 1. The molecule has 2 fully saturated rings. The highest BCUT2D eigenvalue weighted by atomic mass is 16.5. The van der Waals surface area contributed by atoms with Crippen LogP contribution in [0.5, 0.6) is 5.75 Å². The van der Waals surface area contributed by atoms with Gasteiger partial charge in [-0.05, 0) is 39.7 Å². The lowest BCUT2D eigenvalue weighted by atomic mass is 10.0. The van der Waals surface area contributed by atoms with Gasteiger partial charge >= 0.3 is 0 Å². The van der Waals surface area contributed by atoms with Crippen molar-refractivity contribution in [1.82, 2.24) is 20.4 Å². The van der Waals surface area contributed by atoms with Crippen molar-refractivity contribution in [3.05, 3.63) is 29.8 Å². The minimum absolute atomic E-state index is 0.479. The molecule has 174 valence electrons. The van der Waals surface area contributed by atoms with E-state index in [-0.39, 0.29) is 0 Å². The number of ether oxygens (including phenoxy) is 2. The van der Waals surface area contributed by atoms with E-state index in [0.717, 1.165) is 82.6 Å². The summed E-state index contributed by atoms with van der Waals surface area (Å²) in [7, 11) is 0. The van der Waals surface area contributed by atoms with Crippen LogP contribution in [0.4, 0.5) is 0 Å². The zero-order chi connectivity index (χ0) is 21.9. The molecule has 2 aliphatic heterocycles. The average molecular weight is 432 g/mol. The number of nitrogens with zero attached hydrogens (tertiary/aromatic N) is 3. The molecular weight excluding hydrogens is 390 g/mol. The first-order chi connectivity index (χ1) is 15.2. The maximum absolute atomic E-state index is 6.12. The molecule has 2 saturated heterocycles. The van der Waals surface area contributed by atoms with Crippen LogP contribution in [0.2, 0.25) is 0 Å². The summed E-state index contributed by atoms with van der Waals surface area (Å²) in [6.45, 7) is 15.7. The largest absolute Gasteiger partial charge is 0.492 e. The Balaban J connectivity index is 1.51. The summed E-state index contributed by atoms with van der Waals surface area (Å²) < 4.78 is 11.5. The van der Waals surface area contributed by atoms with Crippen LogP contribution in [0.15, 0.2) is 29.3 Å². The standard InChI is InChI=1S/C24H41N5O2/c1-4-25-24(27-22-9-11-29(12-10-22)20(2)3)26-19-21-7-5-6-8-23(21)31-18-15-28-13-16-30-17-14-28/h5-8,20,22H,4,9-19H2,1-3H3,(H2,25,26,27). The third kappa shape index (κ3) is 7.98. The lowest BCUT2D eigenvalue weighted by Gasteiger charge is -2.35. The highest BCUT2D eigenvalue weighted by molar-refractivity contribution is 5.80. The molecule has 0 spiro atoms. The fourth-order valence-electron chi connectivity index (χ4n) is 4.12. The monoisotopic (exact) mass is 431 g/mol. The molecule has 1 aromatic carbocycles. The van der Waals surface area contributed by atoms with Gasteiger partial charge in [-0.2, -0.15) is 0 Å². The maximum Gasteiger partial charge on any atom is 0.191 e. The molecule has 0 aliphatic carbocycles. The number of guanidine groups is 1.